The molecule has 0 aliphatic heterocycles. The Kier molecular flexibility index (Phi) is 4.20. The van der Waals surface area contributed by atoms with Gasteiger partial charge in [-0.2, -0.15) is 0 Å². The minimum absolute atomic E-state index is 0.126. The molecule has 1 fully saturated rings. The highest BCUT2D eigenvalue weighted by Crippen LogP contribution is 2.24. The summed E-state index contributed by atoms with van der Waals surface area (Å²) in [6, 6.07) is 0. The second-order valence-corrected chi connectivity index (χ2v) is 3.59. The number of rotatable bonds is 3. The Balaban J connectivity index is 2.07. The molecule has 0 heterocycles. The van der Waals surface area contributed by atoms with Crippen LogP contribution in [-0.2, 0) is 4.74 Å². The Bertz CT molecular complexity index is 97.5. The van der Waals surface area contributed by atoms with Gasteiger partial charge < -0.3 is 9.84 Å². The maximum atomic E-state index is 8.50. The van der Waals surface area contributed by atoms with Crippen molar-refractivity contribution in [1.82, 2.24) is 0 Å². The summed E-state index contributed by atoms with van der Waals surface area (Å²) in [6.45, 7) is 0.596. The fourth-order valence-electron chi connectivity index (χ4n) is 1.41. The average molecular weight is 179 g/mol. The third kappa shape index (κ3) is 3.41. The summed E-state index contributed by atoms with van der Waals surface area (Å²) in [5, 5.41) is 8.85. The summed E-state index contributed by atoms with van der Waals surface area (Å²) in [4.78, 5) is 0. The molecule has 0 bridgehead atoms. The van der Waals surface area contributed by atoms with Crippen LogP contribution in [0.1, 0.15) is 25.7 Å². The number of aliphatic hydroxyl groups is 1. The van der Waals surface area contributed by atoms with Crippen LogP contribution in [0.25, 0.3) is 0 Å². The highest BCUT2D eigenvalue weighted by molar-refractivity contribution is 6.20. The first-order valence-electron chi connectivity index (χ1n) is 4.19. The number of halogens is 1. The number of ether oxygens (including phenoxy) is 1. The maximum Gasteiger partial charge on any atom is 0.0701 e. The van der Waals surface area contributed by atoms with Gasteiger partial charge in [0.15, 0.2) is 0 Å². The van der Waals surface area contributed by atoms with Crippen molar-refractivity contribution >= 4 is 11.6 Å². The lowest BCUT2D eigenvalue weighted by Gasteiger charge is -2.24. The molecule has 1 saturated carbocycles. The molecule has 1 aliphatic rings. The Hall–Kier alpha value is 0.210. The normalized spacial score (nSPS) is 32.2. The Morgan fingerprint density at radius 2 is 1.91 bits per heavy atom. The molecule has 0 aromatic heterocycles. The second kappa shape index (κ2) is 4.96. The van der Waals surface area contributed by atoms with E-state index in [1.807, 2.05) is 0 Å². The van der Waals surface area contributed by atoms with Gasteiger partial charge in [0, 0.05) is 5.38 Å². The highest BCUT2D eigenvalue weighted by Gasteiger charge is 2.19. The van der Waals surface area contributed by atoms with E-state index in [1.165, 1.54) is 0 Å². The molecule has 11 heavy (non-hydrogen) atoms. The van der Waals surface area contributed by atoms with E-state index in [0.29, 0.717) is 18.1 Å². The molecule has 0 atom stereocenters. The summed E-state index contributed by atoms with van der Waals surface area (Å²) in [7, 11) is 0. The lowest BCUT2D eigenvalue weighted by atomic mass is 9.97. The van der Waals surface area contributed by atoms with Gasteiger partial charge >= 0.3 is 0 Å². The molecule has 1 N–H and O–H groups in total. The quantitative estimate of drug-likeness (QED) is 0.665. The first-order valence-corrected chi connectivity index (χ1v) is 4.63. The molecule has 0 spiro atoms. The van der Waals surface area contributed by atoms with Crippen molar-refractivity contribution < 1.29 is 9.84 Å². The number of aliphatic hydroxyl groups excluding tert-OH is 1. The van der Waals surface area contributed by atoms with Gasteiger partial charge in [0.25, 0.3) is 0 Å². The summed E-state index contributed by atoms with van der Waals surface area (Å²) in [5.74, 6) is 0. The standard InChI is InChI=1S/C8H15ClO2/c9-7-1-3-8(4-2-7)11-6-5-10/h7-8,10H,1-6H2. The minimum Gasteiger partial charge on any atom is -0.394 e. The largest absolute Gasteiger partial charge is 0.394 e. The van der Waals surface area contributed by atoms with Crippen molar-refractivity contribution in [2.24, 2.45) is 0 Å². The predicted octanol–water partition coefficient (Wildman–Crippen LogP) is 1.55. The van der Waals surface area contributed by atoms with Gasteiger partial charge in [-0.15, -0.1) is 11.6 Å². The van der Waals surface area contributed by atoms with Crippen molar-refractivity contribution in [3.05, 3.63) is 0 Å². The van der Waals surface area contributed by atoms with Crippen molar-refractivity contribution in [3.63, 3.8) is 0 Å². The van der Waals surface area contributed by atoms with Crippen LogP contribution in [0, 0.1) is 0 Å². The fourth-order valence-corrected chi connectivity index (χ4v) is 1.66. The van der Waals surface area contributed by atoms with Crippen LogP contribution in [-0.4, -0.2) is 29.8 Å². The lowest BCUT2D eigenvalue weighted by Crippen LogP contribution is -2.22. The fraction of sp³-hybridized carbons (Fsp3) is 1.00. The van der Waals surface area contributed by atoms with Gasteiger partial charge in [0.05, 0.1) is 19.3 Å². The van der Waals surface area contributed by atoms with E-state index in [4.69, 9.17) is 21.4 Å². The van der Waals surface area contributed by atoms with Crippen LogP contribution in [0.5, 0.6) is 0 Å². The summed E-state index contributed by atoms with van der Waals surface area (Å²) < 4.78 is 5.37. The Labute approximate surface area is 72.5 Å². The Morgan fingerprint density at radius 3 is 2.45 bits per heavy atom. The topological polar surface area (TPSA) is 29.5 Å². The summed E-state index contributed by atoms with van der Waals surface area (Å²) >= 11 is 5.91. The second-order valence-electron chi connectivity index (χ2n) is 2.97. The van der Waals surface area contributed by atoms with Crippen LogP contribution in [0.2, 0.25) is 0 Å². The van der Waals surface area contributed by atoms with Crippen LogP contribution >= 0.6 is 11.6 Å². The van der Waals surface area contributed by atoms with E-state index in [2.05, 4.69) is 0 Å². The summed E-state index contributed by atoms with van der Waals surface area (Å²) in [6.07, 6.45) is 4.55. The lowest BCUT2D eigenvalue weighted by molar-refractivity contribution is 0.00938. The van der Waals surface area contributed by atoms with E-state index in [1.54, 1.807) is 0 Å². The van der Waals surface area contributed by atoms with E-state index in [9.17, 15) is 0 Å². The van der Waals surface area contributed by atoms with Crippen LogP contribution in [0.4, 0.5) is 0 Å². The number of alkyl halides is 1. The van der Waals surface area contributed by atoms with Crippen LogP contribution < -0.4 is 0 Å². The maximum absolute atomic E-state index is 8.50. The van der Waals surface area contributed by atoms with E-state index in [-0.39, 0.29) is 6.61 Å². The SMILES string of the molecule is OCCOC1CCC(Cl)CC1. The van der Waals surface area contributed by atoms with Crippen LogP contribution in [0.15, 0.2) is 0 Å². The summed E-state index contributed by atoms with van der Waals surface area (Å²) in [5.41, 5.74) is 0. The molecule has 0 aromatic rings. The number of hydrogen-bond acceptors (Lipinski definition) is 2. The van der Waals surface area contributed by atoms with E-state index >= 15 is 0 Å². The molecule has 2 nitrogen and oxygen atoms in total. The van der Waals surface area contributed by atoms with E-state index in [0.717, 1.165) is 25.7 Å². The molecule has 0 saturated heterocycles. The molecule has 66 valence electrons. The van der Waals surface area contributed by atoms with Crippen LogP contribution in [0.3, 0.4) is 0 Å². The monoisotopic (exact) mass is 178 g/mol. The molecular weight excluding hydrogens is 164 g/mol. The van der Waals surface area contributed by atoms with Gasteiger partial charge in [-0.05, 0) is 25.7 Å². The van der Waals surface area contributed by atoms with Crippen molar-refractivity contribution in [3.8, 4) is 0 Å². The van der Waals surface area contributed by atoms with Gasteiger partial charge in [0.2, 0.25) is 0 Å². The third-order valence-corrected chi connectivity index (χ3v) is 2.49. The average Bonchev–Trinajstić information content (AvgIpc) is 2.04. The molecule has 1 aliphatic carbocycles. The predicted molar refractivity (Wildman–Crippen MR) is 44.9 cm³/mol. The zero-order valence-corrected chi connectivity index (χ0v) is 7.39. The minimum atomic E-state index is 0.126. The molecule has 3 heteroatoms. The third-order valence-electron chi connectivity index (χ3n) is 2.05. The number of hydrogen-bond donors (Lipinski definition) is 1. The van der Waals surface area contributed by atoms with Gasteiger partial charge in [-0.25, -0.2) is 0 Å². The molecule has 1 rings (SSSR count). The highest BCUT2D eigenvalue weighted by atomic mass is 35.5. The van der Waals surface area contributed by atoms with E-state index < -0.39 is 0 Å². The molecular formula is C8H15ClO2. The van der Waals surface area contributed by atoms with Gasteiger partial charge in [0.1, 0.15) is 0 Å². The van der Waals surface area contributed by atoms with Crippen molar-refractivity contribution in [2.75, 3.05) is 13.2 Å². The van der Waals surface area contributed by atoms with Crippen molar-refractivity contribution in [1.29, 1.82) is 0 Å². The molecule has 0 unspecified atom stereocenters. The van der Waals surface area contributed by atoms with Crippen molar-refractivity contribution in [2.45, 2.75) is 37.2 Å². The molecule has 0 aromatic carbocycles. The zero-order chi connectivity index (χ0) is 8.10. The molecule has 0 amide bonds. The first kappa shape index (κ1) is 9.30. The smallest absolute Gasteiger partial charge is 0.0701 e. The zero-order valence-electron chi connectivity index (χ0n) is 6.63. The Morgan fingerprint density at radius 1 is 1.27 bits per heavy atom. The van der Waals surface area contributed by atoms with Gasteiger partial charge in [-0.3, -0.25) is 0 Å². The first-order chi connectivity index (χ1) is 5.33. The van der Waals surface area contributed by atoms with Gasteiger partial charge in [-0.1, -0.05) is 0 Å². The molecule has 0 radical (unpaired) electrons.